The minimum atomic E-state index is 0.411. The number of rotatable bonds is 4. The molecule has 0 saturated heterocycles. The maximum Gasteiger partial charge on any atom is 0.0947 e. The lowest BCUT2D eigenvalue weighted by Crippen LogP contribution is -2.28. The van der Waals surface area contributed by atoms with Gasteiger partial charge in [-0.05, 0) is 13.0 Å². The van der Waals surface area contributed by atoms with E-state index in [-0.39, 0.29) is 0 Å². The van der Waals surface area contributed by atoms with Crippen LogP contribution in [0.2, 0.25) is 0 Å². The molecule has 3 rings (SSSR count). The molecule has 0 aromatic carbocycles. The van der Waals surface area contributed by atoms with Gasteiger partial charge in [0.2, 0.25) is 0 Å². The van der Waals surface area contributed by atoms with Crippen molar-refractivity contribution >= 4 is 0 Å². The molecule has 6 nitrogen and oxygen atoms in total. The van der Waals surface area contributed by atoms with Crippen molar-refractivity contribution in [2.24, 2.45) is 5.92 Å². The first-order valence-electron chi connectivity index (χ1n) is 6.51. The largest absolute Gasteiger partial charge is 0.472 e. The number of aromatic nitrogens is 3. The van der Waals surface area contributed by atoms with Crippen molar-refractivity contribution in [1.29, 1.82) is 0 Å². The van der Waals surface area contributed by atoms with Crippen LogP contribution in [0, 0.1) is 12.8 Å². The summed E-state index contributed by atoms with van der Waals surface area (Å²) < 4.78 is 12.7. The highest BCUT2D eigenvalue weighted by Gasteiger charge is 2.19. The predicted octanol–water partition coefficient (Wildman–Crippen LogP) is 1.12. The molecular formula is C13H18N4O2. The van der Waals surface area contributed by atoms with Gasteiger partial charge >= 0.3 is 0 Å². The first-order valence-corrected chi connectivity index (χ1v) is 6.51. The minimum absolute atomic E-state index is 0.411. The Morgan fingerprint density at radius 3 is 3.32 bits per heavy atom. The molecule has 0 aliphatic carbocycles. The number of aryl methyl sites for hydroxylation is 1. The molecule has 3 heterocycles. The molecule has 19 heavy (non-hydrogen) atoms. The molecule has 102 valence electrons. The van der Waals surface area contributed by atoms with Gasteiger partial charge in [0.05, 0.1) is 37.1 Å². The van der Waals surface area contributed by atoms with Gasteiger partial charge in [0.1, 0.15) is 0 Å². The summed E-state index contributed by atoms with van der Waals surface area (Å²) in [5.41, 5.74) is 3.22. The highest BCUT2D eigenvalue weighted by atomic mass is 16.5. The Bertz CT molecular complexity index is 521. The van der Waals surface area contributed by atoms with Crippen LogP contribution in [-0.4, -0.2) is 28.1 Å². The first kappa shape index (κ1) is 12.4. The number of hydrogen-bond donors (Lipinski definition) is 1. The average Bonchev–Trinajstić information content (AvgIpc) is 2.97. The zero-order chi connectivity index (χ0) is 13.1. The van der Waals surface area contributed by atoms with Gasteiger partial charge in [-0.2, -0.15) is 0 Å². The van der Waals surface area contributed by atoms with Crippen molar-refractivity contribution in [2.45, 2.75) is 26.6 Å². The SMILES string of the molecule is Cc1nnn2c1COC[C@H](CNCc1ccoc1)C2. The molecule has 0 unspecified atom stereocenters. The van der Waals surface area contributed by atoms with Gasteiger partial charge in [-0.1, -0.05) is 5.21 Å². The second-order valence-electron chi connectivity index (χ2n) is 4.95. The third kappa shape index (κ3) is 2.85. The van der Waals surface area contributed by atoms with Gasteiger partial charge < -0.3 is 14.5 Å². The number of furan rings is 1. The molecule has 0 spiro atoms. The van der Waals surface area contributed by atoms with Gasteiger partial charge in [-0.3, -0.25) is 0 Å². The van der Waals surface area contributed by atoms with Crippen LogP contribution >= 0.6 is 0 Å². The van der Waals surface area contributed by atoms with Crippen LogP contribution in [0.1, 0.15) is 17.0 Å². The van der Waals surface area contributed by atoms with Crippen LogP contribution in [0.5, 0.6) is 0 Å². The van der Waals surface area contributed by atoms with Crippen LogP contribution in [0.4, 0.5) is 0 Å². The van der Waals surface area contributed by atoms with E-state index in [1.807, 2.05) is 17.7 Å². The summed E-state index contributed by atoms with van der Waals surface area (Å²) in [6.07, 6.45) is 3.45. The molecule has 2 aromatic rings. The zero-order valence-corrected chi connectivity index (χ0v) is 11.0. The number of ether oxygens (including phenoxy) is 1. The van der Waals surface area contributed by atoms with E-state index in [0.29, 0.717) is 12.5 Å². The topological polar surface area (TPSA) is 65.1 Å². The summed E-state index contributed by atoms with van der Waals surface area (Å²) in [7, 11) is 0. The third-order valence-corrected chi connectivity index (χ3v) is 3.40. The normalized spacial score (nSPS) is 19.1. The van der Waals surface area contributed by atoms with Crippen LogP contribution < -0.4 is 5.32 Å². The smallest absolute Gasteiger partial charge is 0.0947 e. The van der Waals surface area contributed by atoms with Crippen LogP contribution in [0.25, 0.3) is 0 Å². The van der Waals surface area contributed by atoms with Crippen molar-refractivity contribution in [2.75, 3.05) is 13.2 Å². The van der Waals surface area contributed by atoms with E-state index >= 15 is 0 Å². The minimum Gasteiger partial charge on any atom is -0.472 e. The van der Waals surface area contributed by atoms with Gasteiger partial charge in [-0.25, -0.2) is 4.68 Å². The highest BCUT2D eigenvalue weighted by Crippen LogP contribution is 2.14. The quantitative estimate of drug-likeness (QED) is 0.894. The Hall–Kier alpha value is -1.66. The predicted molar refractivity (Wildman–Crippen MR) is 68.3 cm³/mol. The van der Waals surface area contributed by atoms with Crippen LogP contribution in [0.15, 0.2) is 23.0 Å². The second kappa shape index (κ2) is 5.54. The fourth-order valence-corrected chi connectivity index (χ4v) is 2.30. The van der Waals surface area contributed by atoms with E-state index in [1.165, 1.54) is 0 Å². The molecule has 1 N–H and O–H groups in total. The Morgan fingerprint density at radius 1 is 1.53 bits per heavy atom. The average molecular weight is 262 g/mol. The zero-order valence-electron chi connectivity index (χ0n) is 11.0. The van der Waals surface area contributed by atoms with E-state index in [1.54, 1.807) is 12.5 Å². The van der Waals surface area contributed by atoms with E-state index in [4.69, 9.17) is 9.15 Å². The first-order chi connectivity index (χ1) is 9.33. The fraction of sp³-hybridized carbons (Fsp3) is 0.538. The fourth-order valence-electron chi connectivity index (χ4n) is 2.30. The molecule has 0 amide bonds. The van der Waals surface area contributed by atoms with Crippen molar-refractivity contribution in [3.63, 3.8) is 0 Å². The molecule has 1 aliphatic heterocycles. The molecule has 6 heteroatoms. The van der Waals surface area contributed by atoms with Gasteiger partial charge in [0, 0.05) is 31.1 Å². The van der Waals surface area contributed by atoms with Gasteiger partial charge in [0.15, 0.2) is 0 Å². The summed E-state index contributed by atoms with van der Waals surface area (Å²) in [4.78, 5) is 0. The number of fused-ring (bicyclic) bond motifs is 1. The van der Waals surface area contributed by atoms with E-state index in [9.17, 15) is 0 Å². The number of nitrogens with zero attached hydrogens (tertiary/aromatic N) is 3. The lowest BCUT2D eigenvalue weighted by atomic mass is 10.1. The van der Waals surface area contributed by atoms with Crippen molar-refractivity contribution in [3.8, 4) is 0 Å². The Morgan fingerprint density at radius 2 is 2.47 bits per heavy atom. The second-order valence-corrected chi connectivity index (χ2v) is 4.95. The monoisotopic (exact) mass is 262 g/mol. The van der Waals surface area contributed by atoms with E-state index < -0.39 is 0 Å². The summed E-state index contributed by atoms with van der Waals surface area (Å²) in [5, 5.41) is 11.7. The standard InChI is InChI=1S/C13H18N4O2/c1-10-13-9-19-8-12(6-17(13)16-15-10)5-14-4-11-2-3-18-7-11/h2-3,7,12,14H,4-6,8-9H2,1H3/t12-/m1/s1. The summed E-state index contributed by atoms with van der Waals surface area (Å²) in [6.45, 7) is 5.90. The van der Waals surface area contributed by atoms with E-state index in [2.05, 4.69) is 15.6 Å². The number of nitrogens with one attached hydrogen (secondary N) is 1. The molecule has 2 aromatic heterocycles. The third-order valence-electron chi connectivity index (χ3n) is 3.40. The Labute approximate surface area is 111 Å². The lowest BCUT2D eigenvalue weighted by Gasteiger charge is -2.14. The van der Waals surface area contributed by atoms with E-state index in [0.717, 1.165) is 43.2 Å². The molecule has 1 aliphatic rings. The maximum absolute atomic E-state index is 5.70. The van der Waals surface area contributed by atoms with Crippen LogP contribution in [0.3, 0.4) is 0 Å². The summed E-state index contributed by atoms with van der Waals surface area (Å²) >= 11 is 0. The maximum atomic E-state index is 5.70. The van der Waals surface area contributed by atoms with Gasteiger partial charge in [-0.15, -0.1) is 5.10 Å². The lowest BCUT2D eigenvalue weighted by molar-refractivity contribution is 0.0936. The van der Waals surface area contributed by atoms with Gasteiger partial charge in [0.25, 0.3) is 0 Å². The molecule has 0 fully saturated rings. The molecule has 1 atom stereocenters. The molecular weight excluding hydrogens is 244 g/mol. The van der Waals surface area contributed by atoms with Crippen LogP contribution in [-0.2, 0) is 24.4 Å². The highest BCUT2D eigenvalue weighted by molar-refractivity contribution is 5.07. The Kier molecular flexibility index (Phi) is 3.61. The molecule has 0 saturated carbocycles. The molecule has 0 bridgehead atoms. The van der Waals surface area contributed by atoms with Crippen molar-refractivity contribution < 1.29 is 9.15 Å². The number of hydrogen-bond acceptors (Lipinski definition) is 5. The van der Waals surface area contributed by atoms with Crippen molar-refractivity contribution in [1.82, 2.24) is 20.3 Å². The summed E-state index contributed by atoms with van der Waals surface area (Å²) in [6, 6.07) is 1.97. The molecule has 0 radical (unpaired) electrons. The Balaban J connectivity index is 1.54. The van der Waals surface area contributed by atoms with Crippen molar-refractivity contribution in [3.05, 3.63) is 35.5 Å². The summed E-state index contributed by atoms with van der Waals surface area (Å²) in [5.74, 6) is 0.411.